The first-order valence-corrected chi connectivity index (χ1v) is 4.29. The van der Waals surface area contributed by atoms with E-state index in [1.54, 1.807) is 24.3 Å². The van der Waals surface area contributed by atoms with Crippen molar-refractivity contribution in [3.05, 3.63) is 48.0 Å². The monoisotopic (exact) mass is 199 g/mol. The summed E-state index contributed by atoms with van der Waals surface area (Å²) in [6, 6.07) is 7.99. The van der Waals surface area contributed by atoms with Gasteiger partial charge in [0.25, 0.3) is 0 Å². The Hall–Kier alpha value is -2.28. The fourth-order valence-corrected chi connectivity index (χ4v) is 1.23. The zero-order chi connectivity index (χ0) is 10.7. The highest BCUT2D eigenvalue weighted by atomic mass is 19.1. The van der Waals surface area contributed by atoms with Gasteiger partial charge in [-0.25, -0.2) is 14.4 Å². The third-order valence-corrected chi connectivity index (χ3v) is 1.93. The molecule has 0 fully saturated rings. The molecule has 0 aliphatic heterocycles. The van der Waals surface area contributed by atoms with Gasteiger partial charge in [0.1, 0.15) is 6.07 Å². The molecule has 0 amide bonds. The van der Waals surface area contributed by atoms with Crippen LogP contribution in [0, 0.1) is 17.1 Å². The van der Waals surface area contributed by atoms with Crippen molar-refractivity contribution >= 4 is 0 Å². The lowest BCUT2D eigenvalue weighted by molar-refractivity contribution is 0.626. The lowest BCUT2D eigenvalue weighted by Gasteiger charge is -2.01. The van der Waals surface area contributed by atoms with Crippen molar-refractivity contribution in [2.75, 3.05) is 0 Å². The second-order valence-electron chi connectivity index (χ2n) is 2.85. The van der Waals surface area contributed by atoms with Gasteiger partial charge < -0.3 is 0 Å². The Morgan fingerprint density at radius 2 is 1.87 bits per heavy atom. The molecule has 72 valence electrons. The van der Waals surface area contributed by atoms with Crippen LogP contribution in [0.1, 0.15) is 5.56 Å². The minimum absolute atomic E-state index is 0.0000435. The minimum atomic E-state index is -0.578. The molecule has 3 nitrogen and oxygen atoms in total. The van der Waals surface area contributed by atoms with Crippen LogP contribution in [0.4, 0.5) is 4.39 Å². The summed E-state index contributed by atoms with van der Waals surface area (Å²) in [5.74, 6) is -0.293. The molecule has 0 aliphatic carbocycles. The van der Waals surface area contributed by atoms with Crippen LogP contribution in [0.5, 0.6) is 0 Å². The van der Waals surface area contributed by atoms with Crippen LogP contribution in [-0.4, -0.2) is 9.97 Å². The predicted molar refractivity (Wildman–Crippen MR) is 52.1 cm³/mol. The highest BCUT2D eigenvalue weighted by Crippen LogP contribution is 2.20. The summed E-state index contributed by atoms with van der Waals surface area (Å²) in [5, 5.41) is 8.66. The number of benzene rings is 1. The number of nitrogens with zero attached hydrogens (tertiary/aromatic N) is 3. The number of rotatable bonds is 1. The maximum Gasteiger partial charge on any atom is 0.162 e. The predicted octanol–water partition coefficient (Wildman–Crippen LogP) is 2.15. The van der Waals surface area contributed by atoms with E-state index in [1.165, 1.54) is 18.5 Å². The van der Waals surface area contributed by atoms with Crippen molar-refractivity contribution in [3.63, 3.8) is 0 Å². The van der Waals surface area contributed by atoms with E-state index in [2.05, 4.69) is 9.97 Å². The van der Waals surface area contributed by atoms with Crippen LogP contribution in [0.15, 0.2) is 36.7 Å². The van der Waals surface area contributed by atoms with Crippen LogP contribution in [-0.2, 0) is 0 Å². The van der Waals surface area contributed by atoms with E-state index >= 15 is 0 Å². The molecule has 0 atom stereocenters. The van der Waals surface area contributed by atoms with Crippen LogP contribution >= 0.6 is 0 Å². The number of hydrogen-bond acceptors (Lipinski definition) is 3. The summed E-state index contributed by atoms with van der Waals surface area (Å²) >= 11 is 0. The van der Waals surface area contributed by atoms with Crippen molar-refractivity contribution < 1.29 is 4.39 Å². The lowest BCUT2D eigenvalue weighted by Crippen LogP contribution is -1.93. The fourth-order valence-electron chi connectivity index (χ4n) is 1.23. The summed E-state index contributed by atoms with van der Waals surface area (Å²) in [7, 11) is 0. The zero-order valence-corrected chi connectivity index (χ0v) is 7.68. The van der Waals surface area contributed by atoms with E-state index in [1.807, 2.05) is 0 Å². The summed E-state index contributed by atoms with van der Waals surface area (Å²) in [6.45, 7) is 0. The Balaban J connectivity index is 2.61. The van der Waals surface area contributed by atoms with Gasteiger partial charge in [0.15, 0.2) is 11.6 Å². The first kappa shape index (κ1) is 9.28. The van der Waals surface area contributed by atoms with E-state index in [9.17, 15) is 4.39 Å². The van der Waals surface area contributed by atoms with Crippen LogP contribution < -0.4 is 0 Å². The zero-order valence-electron chi connectivity index (χ0n) is 7.68. The van der Waals surface area contributed by atoms with Gasteiger partial charge in [-0.15, -0.1) is 0 Å². The highest BCUT2D eigenvalue weighted by molar-refractivity contribution is 5.58. The molecule has 15 heavy (non-hydrogen) atoms. The first-order chi connectivity index (χ1) is 7.33. The number of aromatic nitrogens is 2. The van der Waals surface area contributed by atoms with Crippen molar-refractivity contribution in [3.8, 4) is 17.5 Å². The van der Waals surface area contributed by atoms with Crippen molar-refractivity contribution in [2.45, 2.75) is 0 Å². The number of nitriles is 1. The molecule has 4 heteroatoms. The van der Waals surface area contributed by atoms with Gasteiger partial charge in [0.05, 0.1) is 11.1 Å². The van der Waals surface area contributed by atoms with Crippen molar-refractivity contribution in [1.29, 1.82) is 5.26 Å². The van der Waals surface area contributed by atoms with Gasteiger partial charge in [-0.05, 0) is 18.2 Å². The molecule has 0 saturated heterocycles. The molecule has 1 aromatic carbocycles. The molecule has 0 saturated carbocycles. The lowest BCUT2D eigenvalue weighted by atomic mass is 10.1. The molecule has 0 bridgehead atoms. The third-order valence-electron chi connectivity index (χ3n) is 1.93. The summed E-state index contributed by atoms with van der Waals surface area (Å²) in [5.41, 5.74) is 0.245. The Kier molecular flexibility index (Phi) is 2.38. The van der Waals surface area contributed by atoms with Gasteiger partial charge in [-0.2, -0.15) is 5.26 Å². The fraction of sp³-hybridized carbons (Fsp3) is 0. The smallest absolute Gasteiger partial charge is 0.162 e. The maximum absolute atomic E-state index is 13.7. The molecule has 1 aromatic heterocycles. The second kappa shape index (κ2) is 3.84. The first-order valence-electron chi connectivity index (χ1n) is 4.29. The van der Waals surface area contributed by atoms with E-state index < -0.39 is 5.82 Å². The van der Waals surface area contributed by atoms with E-state index in [0.29, 0.717) is 0 Å². The molecule has 0 aliphatic rings. The third kappa shape index (κ3) is 1.67. The van der Waals surface area contributed by atoms with Gasteiger partial charge >= 0.3 is 0 Å². The molecule has 0 spiro atoms. The standard InChI is InChI=1S/C11H6FN3/c12-10-8(7-13)3-1-4-9(10)11-14-5-2-6-15-11/h1-6H. The topological polar surface area (TPSA) is 49.6 Å². The van der Waals surface area contributed by atoms with Gasteiger partial charge in [0, 0.05) is 12.4 Å². The summed E-state index contributed by atoms with van der Waals surface area (Å²) in [6.07, 6.45) is 3.06. The van der Waals surface area contributed by atoms with E-state index in [0.717, 1.165) is 0 Å². The largest absolute Gasteiger partial charge is 0.236 e. The number of hydrogen-bond donors (Lipinski definition) is 0. The van der Waals surface area contributed by atoms with Gasteiger partial charge in [0.2, 0.25) is 0 Å². The molecule has 0 N–H and O–H groups in total. The van der Waals surface area contributed by atoms with Crippen molar-refractivity contribution in [2.24, 2.45) is 0 Å². The van der Waals surface area contributed by atoms with Crippen molar-refractivity contribution in [1.82, 2.24) is 9.97 Å². The normalized spacial score (nSPS) is 9.60. The second-order valence-corrected chi connectivity index (χ2v) is 2.85. The quantitative estimate of drug-likeness (QED) is 0.707. The highest BCUT2D eigenvalue weighted by Gasteiger charge is 2.10. The van der Waals surface area contributed by atoms with E-state index in [-0.39, 0.29) is 17.0 Å². The Bertz CT molecular complexity index is 517. The minimum Gasteiger partial charge on any atom is -0.236 e. The van der Waals surface area contributed by atoms with E-state index in [4.69, 9.17) is 5.26 Å². The van der Waals surface area contributed by atoms with Crippen LogP contribution in [0.25, 0.3) is 11.4 Å². The maximum atomic E-state index is 13.7. The molecule has 0 unspecified atom stereocenters. The summed E-state index contributed by atoms with van der Waals surface area (Å²) < 4.78 is 13.7. The molecular formula is C11H6FN3. The number of halogens is 1. The SMILES string of the molecule is N#Cc1cccc(-c2ncccn2)c1F. The average Bonchev–Trinajstić information content (AvgIpc) is 2.30. The van der Waals surface area contributed by atoms with Gasteiger partial charge in [-0.3, -0.25) is 0 Å². The molecule has 1 heterocycles. The average molecular weight is 199 g/mol. The Morgan fingerprint density at radius 3 is 2.53 bits per heavy atom. The molecule has 2 aromatic rings. The molecule has 0 radical (unpaired) electrons. The molecule has 2 rings (SSSR count). The molecular weight excluding hydrogens is 193 g/mol. The Morgan fingerprint density at radius 1 is 1.13 bits per heavy atom. The van der Waals surface area contributed by atoms with Crippen LogP contribution in [0.3, 0.4) is 0 Å². The van der Waals surface area contributed by atoms with Gasteiger partial charge in [-0.1, -0.05) is 6.07 Å². The van der Waals surface area contributed by atoms with Crippen LogP contribution in [0.2, 0.25) is 0 Å². The summed E-state index contributed by atoms with van der Waals surface area (Å²) in [4.78, 5) is 7.85. The Labute approximate surface area is 85.9 Å².